The zero-order valence-electron chi connectivity index (χ0n) is 9.66. The van der Waals surface area contributed by atoms with Gasteiger partial charge in [0.05, 0.1) is 4.47 Å². The third-order valence-electron chi connectivity index (χ3n) is 2.65. The van der Waals surface area contributed by atoms with Crippen molar-refractivity contribution in [3.8, 4) is 0 Å². The van der Waals surface area contributed by atoms with Gasteiger partial charge >= 0.3 is 0 Å². The fourth-order valence-electron chi connectivity index (χ4n) is 1.32. The lowest BCUT2D eigenvalue weighted by Crippen LogP contribution is -2.30. The van der Waals surface area contributed by atoms with E-state index in [-0.39, 0.29) is 5.54 Å². The Kier molecular flexibility index (Phi) is 2.88. The first-order valence-electron chi connectivity index (χ1n) is 5.31. The molecule has 0 saturated heterocycles. The molecule has 1 N–H and O–H groups in total. The molecule has 0 atom stereocenters. The second-order valence-electron chi connectivity index (χ2n) is 4.42. The highest BCUT2D eigenvalue weighted by molar-refractivity contribution is 9.10. The van der Waals surface area contributed by atoms with E-state index in [4.69, 9.17) is 0 Å². The number of pyridine rings is 1. The van der Waals surface area contributed by atoms with Crippen molar-refractivity contribution in [1.82, 2.24) is 14.6 Å². The summed E-state index contributed by atoms with van der Waals surface area (Å²) in [5.74, 6) is 0.666. The van der Waals surface area contributed by atoms with Crippen LogP contribution in [0.4, 0.5) is 5.95 Å². The molecule has 0 aliphatic heterocycles. The van der Waals surface area contributed by atoms with E-state index >= 15 is 0 Å². The lowest BCUT2D eigenvalue weighted by Gasteiger charge is -2.23. The maximum atomic E-state index is 4.44. The molecule has 0 saturated carbocycles. The van der Waals surface area contributed by atoms with Gasteiger partial charge in [0.2, 0.25) is 5.95 Å². The summed E-state index contributed by atoms with van der Waals surface area (Å²) in [6.45, 7) is 6.40. The molecule has 2 aromatic rings. The van der Waals surface area contributed by atoms with Gasteiger partial charge in [0.1, 0.15) is 0 Å². The van der Waals surface area contributed by atoms with Crippen LogP contribution in [0.5, 0.6) is 0 Å². The lowest BCUT2D eigenvalue weighted by molar-refractivity contribution is 0.542. The van der Waals surface area contributed by atoms with E-state index in [0.29, 0.717) is 5.95 Å². The van der Waals surface area contributed by atoms with Gasteiger partial charge in [0.15, 0.2) is 5.65 Å². The van der Waals surface area contributed by atoms with Crippen molar-refractivity contribution in [2.24, 2.45) is 0 Å². The van der Waals surface area contributed by atoms with E-state index in [1.807, 2.05) is 18.3 Å². The molecule has 16 heavy (non-hydrogen) atoms. The Morgan fingerprint density at radius 3 is 2.88 bits per heavy atom. The molecule has 2 aromatic heterocycles. The Labute approximate surface area is 103 Å². The lowest BCUT2D eigenvalue weighted by atomic mass is 10.0. The normalized spacial score (nSPS) is 12.0. The van der Waals surface area contributed by atoms with Crippen molar-refractivity contribution in [2.75, 3.05) is 5.32 Å². The van der Waals surface area contributed by atoms with Crippen LogP contribution in [0.3, 0.4) is 0 Å². The number of nitrogens with zero attached hydrogens (tertiary/aromatic N) is 3. The molecule has 0 bridgehead atoms. The number of nitrogens with one attached hydrogen (secondary N) is 1. The van der Waals surface area contributed by atoms with Gasteiger partial charge in [-0.25, -0.2) is 4.52 Å². The topological polar surface area (TPSA) is 42.2 Å². The number of hydrogen-bond donors (Lipinski definition) is 1. The Morgan fingerprint density at radius 1 is 1.50 bits per heavy atom. The number of halogens is 1. The van der Waals surface area contributed by atoms with Crippen molar-refractivity contribution in [3.63, 3.8) is 0 Å². The van der Waals surface area contributed by atoms with Crippen LogP contribution in [0.1, 0.15) is 27.2 Å². The first kappa shape index (κ1) is 11.4. The van der Waals surface area contributed by atoms with E-state index in [1.54, 1.807) is 4.52 Å². The van der Waals surface area contributed by atoms with Crippen LogP contribution < -0.4 is 5.32 Å². The minimum Gasteiger partial charge on any atom is -0.348 e. The summed E-state index contributed by atoms with van der Waals surface area (Å²) < 4.78 is 2.71. The summed E-state index contributed by atoms with van der Waals surface area (Å²) >= 11 is 3.46. The predicted octanol–water partition coefficient (Wildman–Crippen LogP) is 3.09. The van der Waals surface area contributed by atoms with Gasteiger partial charge < -0.3 is 5.32 Å². The highest BCUT2D eigenvalue weighted by atomic mass is 79.9. The quantitative estimate of drug-likeness (QED) is 0.941. The maximum Gasteiger partial charge on any atom is 0.243 e. The van der Waals surface area contributed by atoms with Crippen LogP contribution in [0.15, 0.2) is 22.8 Å². The molecule has 0 aliphatic carbocycles. The second-order valence-corrected chi connectivity index (χ2v) is 5.28. The summed E-state index contributed by atoms with van der Waals surface area (Å²) in [7, 11) is 0. The molecule has 0 radical (unpaired) electrons. The number of aromatic nitrogens is 3. The first-order valence-corrected chi connectivity index (χ1v) is 6.10. The van der Waals surface area contributed by atoms with Gasteiger partial charge in [0, 0.05) is 11.7 Å². The molecule has 86 valence electrons. The summed E-state index contributed by atoms with van der Waals surface area (Å²) in [4.78, 5) is 4.44. The first-order chi connectivity index (χ1) is 7.52. The van der Waals surface area contributed by atoms with Gasteiger partial charge in [-0.05, 0) is 48.3 Å². The zero-order valence-corrected chi connectivity index (χ0v) is 11.2. The molecule has 4 nitrogen and oxygen atoms in total. The summed E-state index contributed by atoms with van der Waals surface area (Å²) in [6.07, 6.45) is 2.90. The maximum absolute atomic E-state index is 4.44. The number of anilines is 1. The number of fused-ring (bicyclic) bond motifs is 1. The Hall–Kier alpha value is -1.10. The van der Waals surface area contributed by atoms with E-state index in [0.717, 1.165) is 16.5 Å². The van der Waals surface area contributed by atoms with Crippen molar-refractivity contribution in [3.05, 3.63) is 22.8 Å². The molecule has 2 rings (SSSR count). The van der Waals surface area contributed by atoms with Gasteiger partial charge in [-0.2, -0.15) is 4.98 Å². The molecule has 0 unspecified atom stereocenters. The molecule has 0 fully saturated rings. The summed E-state index contributed by atoms with van der Waals surface area (Å²) in [6, 6.07) is 3.89. The third-order valence-corrected chi connectivity index (χ3v) is 3.27. The van der Waals surface area contributed by atoms with Crippen molar-refractivity contribution >= 4 is 27.5 Å². The van der Waals surface area contributed by atoms with Crippen LogP contribution in [0, 0.1) is 0 Å². The highest BCUT2D eigenvalue weighted by Crippen LogP contribution is 2.19. The van der Waals surface area contributed by atoms with Crippen LogP contribution in [-0.2, 0) is 0 Å². The molecule has 0 spiro atoms. The smallest absolute Gasteiger partial charge is 0.243 e. The summed E-state index contributed by atoms with van der Waals surface area (Å²) in [5.41, 5.74) is 0.842. The number of hydrogen-bond acceptors (Lipinski definition) is 3. The molecule has 2 heterocycles. The predicted molar refractivity (Wildman–Crippen MR) is 68.7 cm³/mol. The Bertz CT molecular complexity index is 504. The third kappa shape index (κ3) is 2.19. The van der Waals surface area contributed by atoms with Crippen molar-refractivity contribution in [1.29, 1.82) is 0 Å². The fourth-order valence-corrected chi connectivity index (χ4v) is 1.74. The van der Waals surface area contributed by atoms with Crippen LogP contribution in [0.25, 0.3) is 5.65 Å². The van der Waals surface area contributed by atoms with Crippen molar-refractivity contribution in [2.45, 2.75) is 32.7 Å². The standard InChI is InChI=1S/C11H15BrN4/c1-4-11(2,3)14-10-13-9-8(12)6-5-7-16(9)15-10/h5-7H,4H2,1-3H3,(H,14,15). The molecule has 5 heteroatoms. The van der Waals surface area contributed by atoms with E-state index < -0.39 is 0 Å². The SMILES string of the molecule is CCC(C)(C)Nc1nc2c(Br)cccn2n1. The molecule has 0 aromatic carbocycles. The van der Waals surface area contributed by atoms with Gasteiger partial charge in [-0.15, -0.1) is 5.10 Å². The van der Waals surface area contributed by atoms with E-state index in [2.05, 4.69) is 52.1 Å². The van der Waals surface area contributed by atoms with Crippen molar-refractivity contribution < 1.29 is 0 Å². The van der Waals surface area contributed by atoms with Crippen LogP contribution >= 0.6 is 15.9 Å². The second kappa shape index (κ2) is 4.05. The van der Waals surface area contributed by atoms with Gasteiger partial charge in [-0.3, -0.25) is 0 Å². The average Bonchev–Trinajstić information content (AvgIpc) is 2.61. The largest absolute Gasteiger partial charge is 0.348 e. The molecular weight excluding hydrogens is 268 g/mol. The minimum absolute atomic E-state index is 0.0113. The van der Waals surface area contributed by atoms with Crippen LogP contribution in [-0.4, -0.2) is 20.1 Å². The van der Waals surface area contributed by atoms with Crippen LogP contribution in [0.2, 0.25) is 0 Å². The highest BCUT2D eigenvalue weighted by Gasteiger charge is 2.17. The van der Waals surface area contributed by atoms with E-state index in [1.165, 1.54) is 0 Å². The summed E-state index contributed by atoms with van der Waals surface area (Å²) in [5, 5.41) is 7.69. The van der Waals surface area contributed by atoms with E-state index in [9.17, 15) is 0 Å². The monoisotopic (exact) mass is 282 g/mol. The zero-order chi connectivity index (χ0) is 11.8. The molecule has 0 amide bonds. The average molecular weight is 283 g/mol. The number of rotatable bonds is 3. The Balaban J connectivity index is 2.37. The Morgan fingerprint density at radius 2 is 2.25 bits per heavy atom. The molecule has 0 aliphatic rings. The van der Waals surface area contributed by atoms with Gasteiger partial charge in [0.25, 0.3) is 0 Å². The molecular formula is C11H15BrN4. The minimum atomic E-state index is 0.0113. The van der Waals surface area contributed by atoms with Gasteiger partial charge in [-0.1, -0.05) is 6.92 Å². The fraction of sp³-hybridized carbons (Fsp3) is 0.455.